The molecule has 6 heteroatoms. The van der Waals surface area contributed by atoms with E-state index in [0.29, 0.717) is 17.5 Å². The van der Waals surface area contributed by atoms with Crippen molar-refractivity contribution in [2.45, 2.75) is 38.8 Å². The predicted octanol–water partition coefficient (Wildman–Crippen LogP) is 4.12. The SMILES string of the molecule is CCc1ccc(C2OCC(C)(C)n3c(-c4ccccc4)c4c(=O)n(C)c(=O)n(C)c4c32)cc1. The van der Waals surface area contributed by atoms with Gasteiger partial charge in [0.25, 0.3) is 5.56 Å². The van der Waals surface area contributed by atoms with E-state index in [9.17, 15) is 9.59 Å². The van der Waals surface area contributed by atoms with Crippen molar-refractivity contribution in [3.05, 3.63) is 92.3 Å². The van der Waals surface area contributed by atoms with Crippen molar-refractivity contribution < 1.29 is 4.74 Å². The third kappa shape index (κ3) is 3.12. The first-order valence-corrected chi connectivity index (χ1v) is 11.4. The highest BCUT2D eigenvalue weighted by atomic mass is 16.5. The second-order valence-electron chi connectivity index (χ2n) is 9.46. The standard InChI is InChI=1S/C27H29N3O3/c1-6-17-12-14-19(15-13-17)24-23-22-20(25(31)29(5)26(32)28(22)4)21(18-10-8-7-9-11-18)30(23)27(2,3)16-33-24/h7-15,24H,6,16H2,1-5H3. The molecule has 1 aliphatic heterocycles. The van der Waals surface area contributed by atoms with Crippen LogP contribution in [0.15, 0.2) is 64.2 Å². The van der Waals surface area contributed by atoms with Crippen molar-refractivity contribution in [1.82, 2.24) is 13.7 Å². The van der Waals surface area contributed by atoms with E-state index in [1.54, 1.807) is 11.6 Å². The number of hydrogen-bond acceptors (Lipinski definition) is 3. The minimum atomic E-state index is -0.416. The third-order valence-corrected chi connectivity index (χ3v) is 6.80. The maximum atomic E-state index is 13.5. The molecule has 0 bridgehead atoms. The third-order valence-electron chi connectivity index (χ3n) is 6.80. The summed E-state index contributed by atoms with van der Waals surface area (Å²) in [6, 6.07) is 18.4. The van der Waals surface area contributed by atoms with E-state index in [2.05, 4.69) is 49.6 Å². The zero-order chi connectivity index (χ0) is 23.5. The molecular weight excluding hydrogens is 414 g/mol. The van der Waals surface area contributed by atoms with Crippen molar-refractivity contribution >= 4 is 10.9 Å². The van der Waals surface area contributed by atoms with Crippen molar-refractivity contribution in [2.24, 2.45) is 14.1 Å². The Balaban J connectivity index is 1.97. The molecule has 0 amide bonds. The summed E-state index contributed by atoms with van der Waals surface area (Å²) in [5.41, 5.74) is 4.48. The van der Waals surface area contributed by atoms with Crippen LogP contribution in [0.3, 0.4) is 0 Å². The maximum absolute atomic E-state index is 13.5. The van der Waals surface area contributed by atoms with E-state index in [0.717, 1.165) is 28.9 Å². The maximum Gasteiger partial charge on any atom is 0.331 e. The molecule has 2 aromatic heterocycles. The molecule has 33 heavy (non-hydrogen) atoms. The van der Waals surface area contributed by atoms with Gasteiger partial charge in [0, 0.05) is 14.1 Å². The van der Waals surface area contributed by atoms with Crippen LogP contribution in [0.25, 0.3) is 22.2 Å². The van der Waals surface area contributed by atoms with Crippen LogP contribution in [-0.4, -0.2) is 20.3 Å². The molecule has 0 fully saturated rings. The smallest absolute Gasteiger partial charge is 0.331 e. The van der Waals surface area contributed by atoms with Crippen LogP contribution in [0, 0.1) is 0 Å². The zero-order valence-corrected chi connectivity index (χ0v) is 19.8. The van der Waals surface area contributed by atoms with Crippen LogP contribution >= 0.6 is 0 Å². The van der Waals surface area contributed by atoms with Gasteiger partial charge in [-0.2, -0.15) is 0 Å². The fraction of sp³-hybridized carbons (Fsp3) is 0.333. The lowest BCUT2D eigenvalue weighted by molar-refractivity contribution is -0.00707. The summed E-state index contributed by atoms with van der Waals surface area (Å²) in [4.78, 5) is 26.5. The van der Waals surface area contributed by atoms with Gasteiger partial charge in [0.1, 0.15) is 6.10 Å². The van der Waals surface area contributed by atoms with Gasteiger partial charge in [-0.05, 0) is 37.0 Å². The Labute approximate surface area is 192 Å². The number of benzene rings is 2. The Kier molecular flexibility index (Phi) is 4.94. The van der Waals surface area contributed by atoms with Crippen LogP contribution in [0.2, 0.25) is 0 Å². The summed E-state index contributed by atoms with van der Waals surface area (Å²) in [5.74, 6) is 0. The van der Waals surface area contributed by atoms with Gasteiger partial charge in [0.2, 0.25) is 0 Å². The molecule has 0 aliphatic carbocycles. The summed E-state index contributed by atoms with van der Waals surface area (Å²) in [7, 11) is 3.27. The van der Waals surface area contributed by atoms with Gasteiger partial charge >= 0.3 is 5.69 Å². The topological polar surface area (TPSA) is 58.2 Å². The zero-order valence-electron chi connectivity index (χ0n) is 19.8. The monoisotopic (exact) mass is 443 g/mol. The molecule has 2 aromatic carbocycles. The molecule has 0 saturated carbocycles. The fourth-order valence-electron chi connectivity index (χ4n) is 5.05. The fourth-order valence-corrected chi connectivity index (χ4v) is 5.05. The van der Waals surface area contributed by atoms with E-state index in [4.69, 9.17) is 4.74 Å². The molecule has 1 unspecified atom stereocenters. The number of nitrogens with zero attached hydrogens (tertiary/aromatic N) is 3. The van der Waals surface area contributed by atoms with Crippen LogP contribution in [0.4, 0.5) is 0 Å². The first-order chi connectivity index (χ1) is 15.8. The first kappa shape index (κ1) is 21.5. The Morgan fingerprint density at radius 3 is 2.27 bits per heavy atom. The summed E-state index contributed by atoms with van der Waals surface area (Å²) >= 11 is 0. The molecule has 1 atom stereocenters. The number of aryl methyl sites for hydroxylation is 2. The lowest BCUT2D eigenvalue weighted by Crippen LogP contribution is -2.40. The van der Waals surface area contributed by atoms with Gasteiger partial charge in [-0.25, -0.2) is 4.79 Å². The van der Waals surface area contributed by atoms with Crippen LogP contribution in [0.1, 0.15) is 43.7 Å². The normalized spacial score (nSPS) is 17.3. The predicted molar refractivity (Wildman–Crippen MR) is 131 cm³/mol. The number of aromatic nitrogens is 3. The van der Waals surface area contributed by atoms with Gasteiger partial charge < -0.3 is 9.30 Å². The molecule has 0 N–H and O–H groups in total. The minimum absolute atomic E-state index is 0.287. The quantitative estimate of drug-likeness (QED) is 0.479. The summed E-state index contributed by atoms with van der Waals surface area (Å²) in [6.07, 6.45) is 0.572. The molecule has 3 heterocycles. The number of fused-ring (bicyclic) bond motifs is 3. The second kappa shape index (κ2) is 7.59. The lowest BCUT2D eigenvalue weighted by atomic mass is 9.97. The summed E-state index contributed by atoms with van der Waals surface area (Å²) < 4.78 is 11.5. The van der Waals surface area contributed by atoms with Crippen molar-refractivity contribution in [3.63, 3.8) is 0 Å². The average Bonchev–Trinajstić information content (AvgIpc) is 3.20. The molecular formula is C27H29N3O3. The summed E-state index contributed by atoms with van der Waals surface area (Å²) in [5, 5.41) is 0.551. The van der Waals surface area contributed by atoms with Crippen LogP contribution in [-0.2, 0) is 30.8 Å². The largest absolute Gasteiger partial charge is 0.365 e. The molecule has 170 valence electrons. The Morgan fingerprint density at radius 2 is 1.64 bits per heavy atom. The Morgan fingerprint density at radius 1 is 0.970 bits per heavy atom. The Bertz CT molecular complexity index is 1470. The van der Waals surface area contributed by atoms with E-state index in [-0.39, 0.29) is 17.4 Å². The second-order valence-corrected chi connectivity index (χ2v) is 9.46. The molecule has 0 spiro atoms. The number of ether oxygens (including phenoxy) is 1. The van der Waals surface area contributed by atoms with Gasteiger partial charge in [-0.3, -0.25) is 13.9 Å². The summed E-state index contributed by atoms with van der Waals surface area (Å²) in [6.45, 7) is 6.84. The highest BCUT2D eigenvalue weighted by molar-refractivity contribution is 5.96. The van der Waals surface area contributed by atoms with Crippen LogP contribution < -0.4 is 11.2 Å². The minimum Gasteiger partial charge on any atom is -0.365 e. The lowest BCUT2D eigenvalue weighted by Gasteiger charge is -2.39. The molecule has 6 nitrogen and oxygen atoms in total. The van der Waals surface area contributed by atoms with E-state index >= 15 is 0 Å². The Hall–Kier alpha value is -3.38. The number of hydrogen-bond donors (Lipinski definition) is 0. The van der Waals surface area contributed by atoms with E-state index < -0.39 is 5.54 Å². The van der Waals surface area contributed by atoms with Crippen LogP contribution in [0.5, 0.6) is 0 Å². The van der Waals surface area contributed by atoms with Crippen molar-refractivity contribution in [2.75, 3.05) is 6.61 Å². The molecule has 5 rings (SSSR count). The highest BCUT2D eigenvalue weighted by Gasteiger charge is 2.40. The van der Waals surface area contributed by atoms with Crippen molar-refractivity contribution in [1.29, 1.82) is 0 Å². The average molecular weight is 444 g/mol. The van der Waals surface area contributed by atoms with E-state index in [1.165, 1.54) is 17.2 Å². The van der Waals surface area contributed by atoms with Gasteiger partial charge in [0.05, 0.1) is 34.4 Å². The molecule has 0 saturated heterocycles. The molecule has 0 radical (unpaired) electrons. The van der Waals surface area contributed by atoms with E-state index in [1.807, 2.05) is 30.3 Å². The van der Waals surface area contributed by atoms with Gasteiger partial charge in [0.15, 0.2) is 0 Å². The van der Waals surface area contributed by atoms with Gasteiger partial charge in [-0.15, -0.1) is 0 Å². The van der Waals surface area contributed by atoms with Gasteiger partial charge in [-0.1, -0.05) is 61.5 Å². The number of rotatable bonds is 3. The first-order valence-electron chi connectivity index (χ1n) is 11.4. The van der Waals surface area contributed by atoms with Crippen molar-refractivity contribution in [3.8, 4) is 11.3 Å². The molecule has 4 aromatic rings. The molecule has 1 aliphatic rings. The highest BCUT2D eigenvalue weighted by Crippen LogP contribution is 2.45.